The summed E-state index contributed by atoms with van der Waals surface area (Å²) in [5.74, 6) is 0. The Labute approximate surface area is 69.2 Å². The predicted molar refractivity (Wildman–Crippen MR) is 38.0 cm³/mol. The van der Waals surface area contributed by atoms with Crippen molar-refractivity contribution in [1.82, 2.24) is 0 Å². The summed E-state index contributed by atoms with van der Waals surface area (Å²) in [7, 11) is 0. The highest BCUT2D eigenvalue weighted by molar-refractivity contribution is 4.89. The predicted octanol–water partition coefficient (Wildman–Crippen LogP) is -3.25. The molecule has 6 nitrogen and oxygen atoms in total. The van der Waals surface area contributed by atoms with E-state index in [2.05, 4.69) is 0 Å². The van der Waals surface area contributed by atoms with Crippen molar-refractivity contribution >= 4 is 0 Å². The molecule has 1 aliphatic heterocycles. The molecule has 6 heteroatoms. The van der Waals surface area contributed by atoms with Gasteiger partial charge in [-0.25, -0.2) is 0 Å². The summed E-state index contributed by atoms with van der Waals surface area (Å²) in [6.07, 6.45) is -5.99. The second kappa shape index (κ2) is 3.65. The standard InChI is InChI=1S/C6H13NO5/c7-6-5(11)4(10)3(9)2(1-8)12-6/h2-6,8-11H,1,7H2/t2-,3-,4-,5+,6+/m1/s1. The lowest BCUT2D eigenvalue weighted by atomic mass is 9.99. The fourth-order valence-electron chi connectivity index (χ4n) is 1.13. The summed E-state index contributed by atoms with van der Waals surface area (Å²) < 4.78 is 4.80. The zero-order chi connectivity index (χ0) is 9.30. The van der Waals surface area contributed by atoms with Crippen molar-refractivity contribution in [2.24, 2.45) is 5.73 Å². The molecular formula is C6H13NO5. The zero-order valence-electron chi connectivity index (χ0n) is 6.37. The molecule has 1 aliphatic rings. The monoisotopic (exact) mass is 179 g/mol. The van der Waals surface area contributed by atoms with Gasteiger partial charge in [0.15, 0.2) is 0 Å². The van der Waals surface area contributed by atoms with Gasteiger partial charge in [-0.2, -0.15) is 0 Å². The number of nitrogens with two attached hydrogens (primary N) is 1. The first-order chi connectivity index (χ1) is 5.57. The van der Waals surface area contributed by atoms with Crippen LogP contribution in [0.3, 0.4) is 0 Å². The van der Waals surface area contributed by atoms with Crippen LogP contribution in [0.25, 0.3) is 0 Å². The van der Waals surface area contributed by atoms with Crippen LogP contribution >= 0.6 is 0 Å². The lowest BCUT2D eigenvalue weighted by Gasteiger charge is -2.38. The van der Waals surface area contributed by atoms with Crippen LogP contribution in [0.4, 0.5) is 0 Å². The van der Waals surface area contributed by atoms with Crippen LogP contribution in [0.2, 0.25) is 0 Å². The van der Waals surface area contributed by atoms with Gasteiger partial charge in [0.1, 0.15) is 30.6 Å². The maximum absolute atomic E-state index is 9.18. The summed E-state index contributed by atoms with van der Waals surface area (Å²) in [6.45, 7) is -0.446. The van der Waals surface area contributed by atoms with Crippen LogP contribution < -0.4 is 5.73 Å². The third-order valence-corrected chi connectivity index (χ3v) is 1.93. The molecule has 0 radical (unpaired) electrons. The van der Waals surface area contributed by atoms with Crippen molar-refractivity contribution in [3.8, 4) is 0 Å². The SMILES string of the molecule is N[C@H]1O[C@H](CO)[C@@H](O)[C@@H](O)[C@@H]1O. The molecule has 1 fully saturated rings. The molecule has 1 heterocycles. The zero-order valence-corrected chi connectivity index (χ0v) is 6.37. The Bertz CT molecular complexity index is 150. The Morgan fingerprint density at radius 3 is 2.17 bits per heavy atom. The van der Waals surface area contributed by atoms with Gasteiger partial charge in [-0.1, -0.05) is 0 Å². The lowest BCUT2D eigenvalue weighted by Crippen LogP contribution is -2.61. The number of aliphatic hydroxyl groups is 4. The van der Waals surface area contributed by atoms with Crippen molar-refractivity contribution in [2.45, 2.75) is 30.6 Å². The van der Waals surface area contributed by atoms with E-state index < -0.39 is 37.3 Å². The molecule has 0 spiro atoms. The van der Waals surface area contributed by atoms with Crippen molar-refractivity contribution in [2.75, 3.05) is 6.61 Å². The average molecular weight is 179 g/mol. The van der Waals surface area contributed by atoms with E-state index in [1.165, 1.54) is 0 Å². The van der Waals surface area contributed by atoms with E-state index in [9.17, 15) is 5.11 Å². The summed E-state index contributed by atoms with van der Waals surface area (Å²) in [5, 5.41) is 36.1. The molecule has 0 bridgehead atoms. The van der Waals surface area contributed by atoms with Crippen molar-refractivity contribution in [3.05, 3.63) is 0 Å². The Balaban J connectivity index is 2.63. The number of ether oxygens (including phenoxy) is 1. The molecule has 6 N–H and O–H groups in total. The minimum Gasteiger partial charge on any atom is -0.394 e. The van der Waals surface area contributed by atoms with E-state index >= 15 is 0 Å². The van der Waals surface area contributed by atoms with Crippen LogP contribution in [-0.4, -0.2) is 57.7 Å². The second-order valence-electron chi connectivity index (χ2n) is 2.79. The lowest BCUT2D eigenvalue weighted by molar-refractivity contribution is -0.227. The minimum absolute atomic E-state index is 0.446. The smallest absolute Gasteiger partial charge is 0.135 e. The Morgan fingerprint density at radius 2 is 1.67 bits per heavy atom. The molecule has 0 saturated carbocycles. The molecule has 72 valence electrons. The summed E-state index contributed by atoms with van der Waals surface area (Å²) in [5.41, 5.74) is 5.24. The van der Waals surface area contributed by atoms with Gasteiger partial charge in [-0.3, -0.25) is 0 Å². The number of rotatable bonds is 1. The molecular weight excluding hydrogens is 166 g/mol. The highest BCUT2D eigenvalue weighted by Crippen LogP contribution is 2.17. The number of aliphatic hydroxyl groups excluding tert-OH is 4. The Morgan fingerprint density at radius 1 is 1.08 bits per heavy atom. The Kier molecular flexibility index (Phi) is 2.99. The molecule has 0 aromatic rings. The summed E-state index contributed by atoms with van der Waals surface area (Å²) in [4.78, 5) is 0. The molecule has 1 saturated heterocycles. The van der Waals surface area contributed by atoms with Crippen LogP contribution in [-0.2, 0) is 4.74 Å². The van der Waals surface area contributed by atoms with Gasteiger partial charge in [0, 0.05) is 0 Å². The molecule has 0 aromatic carbocycles. The van der Waals surface area contributed by atoms with E-state index in [4.69, 9.17) is 25.8 Å². The molecule has 1 rings (SSSR count). The van der Waals surface area contributed by atoms with E-state index in [1.54, 1.807) is 0 Å². The first-order valence-corrected chi connectivity index (χ1v) is 3.64. The third-order valence-electron chi connectivity index (χ3n) is 1.93. The Hall–Kier alpha value is -0.240. The normalized spacial score (nSPS) is 49.2. The van der Waals surface area contributed by atoms with E-state index in [0.29, 0.717) is 0 Å². The second-order valence-corrected chi connectivity index (χ2v) is 2.79. The fourth-order valence-corrected chi connectivity index (χ4v) is 1.13. The molecule has 12 heavy (non-hydrogen) atoms. The third kappa shape index (κ3) is 1.58. The van der Waals surface area contributed by atoms with Crippen LogP contribution in [0.5, 0.6) is 0 Å². The maximum Gasteiger partial charge on any atom is 0.135 e. The van der Waals surface area contributed by atoms with Gasteiger partial charge in [0.2, 0.25) is 0 Å². The first-order valence-electron chi connectivity index (χ1n) is 3.64. The van der Waals surface area contributed by atoms with Gasteiger partial charge in [0.05, 0.1) is 6.61 Å². The fraction of sp³-hybridized carbons (Fsp3) is 1.00. The van der Waals surface area contributed by atoms with Crippen molar-refractivity contribution in [1.29, 1.82) is 0 Å². The molecule has 0 aromatic heterocycles. The van der Waals surface area contributed by atoms with Crippen LogP contribution in [0.15, 0.2) is 0 Å². The first kappa shape index (κ1) is 9.85. The van der Waals surface area contributed by atoms with E-state index in [0.717, 1.165) is 0 Å². The largest absolute Gasteiger partial charge is 0.394 e. The van der Waals surface area contributed by atoms with Gasteiger partial charge in [-0.05, 0) is 0 Å². The van der Waals surface area contributed by atoms with Gasteiger partial charge >= 0.3 is 0 Å². The number of hydrogen-bond acceptors (Lipinski definition) is 6. The molecule has 0 aliphatic carbocycles. The van der Waals surface area contributed by atoms with Crippen LogP contribution in [0, 0.1) is 0 Å². The average Bonchev–Trinajstić information content (AvgIpc) is 2.08. The van der Waals surface area contributed by atoms with Gasteiger partial charge < -0.3 is 30.9 Å². The molecule has 0 amide bonds. The highest BCUT2D eigenvalue weighted by atomic mass is 16.6. The molecule has 0 unspecified atom stereocenters. The number of hydrogen-bond donors (Lipinski definition) is 5. The van der Waals surface area contributed by atoms with Crippen LogP contribution in [0.1, 0.15) is 0 Å². The van der Waals surface area contributed by atoms with E-state index in [-0.39, 0.29) is 0 Å². The maximum atomic E-state index is 9.18. The minimum atomic E-state index is -1.37. The highest BCUT2D eigenvalue weighted by Gasteiger charge is 2.41. The summed E-state index contributed by atoms with van der Waals surface area (Å²) >= 11 is 0. The van der Waals surface area contributed by atoms with Crippen molar-refractivity contribution < 1.29 is 25.2 Å². The van der Waals surface area contributed by atoms with E-state index in [1.807, 2.05) is 0 Å². The quantitative estimate of drug-likeness (QED) is 0.288. The van der Waals surface area contributed by atoms with Gasteiger partial charge in [0.25, 0.3) is 0 Å². The van der Waals surface area contributed by atoms with Gasteiger partial charge in [-0.15, -0.1) is 0 Å². The topological polar surface area (TPSA) is 116 Å². The summed E-state index contributed by atoms with van der Waals surface area (Å²) in [6, 6.07) is 0. The molecule has 5 atom stereocenters. The van der Waals surface area contributed by atoms with Crippen molar-refractivity contribution in [3.63, 3.8) is 0 Å².